The summed E-state index contributed by atoms with van der Waals surface area (Å²) in [5.74, 6) is 0. The molecule has 0 rings (SSSR count). The van der Waals surface area contributed by atoms with Crippen molar-refractivity contribution < 1.29 is 5.23 Å². The summed E-state index contributed by atoms with van der Waals surface area (Å²) >= 11 is -1.03. The zero-order valence-electron chi connectivity index (χ0n) is 3.07. The molecular weight excluding hydrogens is 92.4 g/mol. The molecule has 0 aromatic rings. The Kier molecular flexibility index (Phi) is 21.0. The average molecular weight is 96.5 g/mol. The van der Waals surface area contributed by atoms with Crippen LogP contribution in [-0.4, -0.2) is 14.2 Å². The average Bonchev–Trinajstić information content (AvgIpc) is 0.918. The van der Waals surface area contributed by atoms with E-state index in [2.05, 4.69) is 10.0 Å². The van der Waals surface area contributed by atoms with Crippen LogP contribution in [0, 0.1) is 0 Å². The van der Waals surface area contributed by atoms with Crippen molar-refractivity contribution in [2.75, 3.05) is 0 Å². The number of hydrogen-bond donors (Lipinski definition) is 1. The molecule has 0 aliphatic heterocycles. The van der Waals surface area contributed by atoms with Crippen molar-refractivity contribution in [1.29, 1.82) is 0 Å². The first-order valence-corrected chi connectivity index (χ1v) is 2.67. The summed E-state index contributed by atoms with van der Waals surface area (Å²) in [5, 5.41) is 0. The fraction of sp³-hybridized carbons (Fsp3) is 0. The summed E-state index contributed by atoms with van der Waals surface area (Å²) in [4.78, 5) is 0. The first kappa shape index (κ1) is 8.82. The van der Waals surface area contributed by atoms with E-state index in [1.807, 2.05) is 0 Å². The Morgan fingerprint density at radius 1 is 2.00 bits per heavy atom. The van der Waals surface area contributed by atoms with E-state index in [0.29, 0.717) is 0 Å². The summed E-state index contributed by atoms with van der Waals surface area (Å²) in [6.45, 7) is 0. The fourth-order valence-corrected chi connectivity index (χ4v) is 0. The Hall–Kier alpha value is 0.582. The van der Waals surface area contributed by atoms with Gasteiger partial charge in [-0.05, 0) is 0 Å². The zero-order valence-corrected chi connectivity index (χ0v) is 3.98. The van der Waals surface area contributed by atoms with Crippen molar-refractivity contribution in [1.82, 2.24) is 6.15 Å². The third-order valence-electron chi connectivity index (χ3n) is 0. The maximum atomic E-state index is 8.78. The summed E-state index contributed by atoms with van der Waals surface area (Å²) in [6.07, 6.45) is 0. The summed E-state index contributed by atoms with van der Waals surface area (Å²) in [5.41, 5.74) is 0. The maximum absolute atomic E-state index is 8.78. The molecule has 0 bridgehead atoms. The second-order valence-corrected chi connectivity index (χ2v) is 0.802. The fourth-order valence-electron chi connectivity index (χ4n) is 0. The predicted molar refractivity (Wildman–Crippen MR) is 18.4 cm³/mol. The van der Waals surface area contributed by atoms with Crippen LogP contribution in [0.3, 0.4) is 0 Å². The number of halogens is 1. The Morgan fingerprint density at radius 2 is 2.00 bits per heavy atom. The van der Waals surface area contributed by atoms with Crippen molar-refractivity contribution in [3.8, 4) is 0 Å². The van der Waals surface area contributed by atoms with Gasteiger partial charge in [0, 0.05) is 0 Å². The van der Waals surface area contributed by atoms with Crippen molar-refractivity contribution in [2.45, 2.75) is 0 Å². The Bertz CT molecular complexity index is 19.1. The van der Waals surface area contributed by atoms with Crippen molar-refractivity contribution >= 4 is 24.3 Å². The standard InChI is InChI=1S/Al.ClH.H3N.O/h;1H;1H3;/q+1;;;. The Morgan fingerprint density at radius 3 is 2.00 bits per heavy atom. The van der Waals surface area contributed by atoms with Crippen molar-refractivity contribution in [3.63, 3.8) is 0 Å². The van der Waals surface area contributed by atoms with E-state index in [0.717, 1.165) is 0 Å². The molecule has 4 heteroatoms. The van der Waals surface area contributed by atoms with Gasteiger partial charge in [-0.1, -0.05) is 0 Å². The van der Waals surface area contributed by atoms with Gasteiger partial charge in [-0.3, -0.25) is 0 Å². The van der Waals surface area contributed by atoms with E-state index < -0.39 is 14.2 Å². The second-order valence-electron chi connectivity index (χ2n) is 0.0891. The molecule has 3 N–H and O–H groups in total. The molecular formula is H4AlClNO+. The van der Waals surface area contributed by atoms with E-state index in [1.165, 1.54) is 0 Å². The number of hydrogen-bond acceptors (Lipinski definition) is 2. The van der Waals surface area contributed by atoms with Crippen LogP contribution in [0.1, 0.15) is 1.43 Å². The van der Waals surface area contributed by atoms with Crippen LogP contribution >= 0.6 is 10.0 Å². The van der Waals surface area contributed by atoms with Gasteiger partial charge in [-0.25, -0.2) is 0 Å². The van der Waals surface area contributed by atoms with Gasteiger partial charge in [-0.2, -0.15) is 0 Å². The molecule has 0 heterocycles. The molecule has 0 aromatic carbocycles. The van der Waals surface area contributed by atoms with Crippen molar-refractivity contribution in [3.05, 3.63) is 0 Å². The summed E-state index contributed by atoms with van der Waals surface area (Å²) in [7, 11) is 4.53. The van der Waals surface area contributed by atoms with E-state index in [1.54, 1.807) is 0 Å². The molecule has 0 saturated carbocycles. The van der Waals surface area contributed by atoms with Gasteiger partial charge in [0.2, 0.25) is 0 Å². The predicted octanol–water partition coefficient (Wildman–Crippen LogP) is 0.464. The summed E-state index contributed by atoms with van der Waals surface area (Å²) in [6, 6.07) is 0. The van der Waals surface area contributed by atoms with E-state index in [4.69, 9.17) is 3.80 Å². The van der Waals surface area contributed by atoms with Crippen LogP contribution in [0.15, 0.2) is 0 Å². The van der Waals surface area contributed by atoms with Crippen LogP contribution in [0.2, 0.25) is 0 Å². The molecule has 24 valence electrons. The van der Waals surface area contributed by atoms with Gasteiger partial charge >= 0.3 is 29.5 Å². The van der Waals surface area contributed by atoms with Gasteiger partial charge in [0.1, 0.15) is 0 Å². The zero-order chi connectivity index (χ0) is 2.71. The van der Waals surface area contributed by atoms with Gasteiger partial charge in [0.25, 0.3) is 0 Å². The quantitative estimate of drug-likeness (QED) is 0.446. The minimum atomic E-state index is -1.03. The molecule has 0 unspecified atom stereocenters. The van der Waals surface area contributed by atoms with Gasteiger partial charge in [0.05, 0.1) is 0 Å². The SMILES string of the molecule is N.[H+].[O]=[Al][Cl]. The molecule has 4 heavy (non-hydrogen) atoms. The first-order valence-electron chi connectivity index (χ1n) is 0.454. The normalized spacial score (nSPS) is 2.25. The van der Waals surface area contributed by atoms with Crippen LogP contribution in [0.25, 0.3) is 0 Å². The Balaban J connectivity index is -0.0000000200. The molecule has 0 saturated heterocycles. The molecule has 0 aliphatic rings. The van der Waals surface area contributed by atoms with E-state index in [-0.39, 0.29) is 7.58 Å². The molecule has 0 aliphatic carbocycles. The topological polar surface area (TPSA) is 52.1 Å². The number of rotatable bonds is 0. The summed E-state index contributed by atoms with van der Waals surface area (Å²) < 4.78 is 8.78. The Labute approximate surface area is 36.3 Å². The molecule has 2 nitrogen and oxygen atoms in total. The van der Waals surface area contributed by atoms with Gasteiger partial charge in [-0.15, -0.1) is 0 Å². The molecule has 0 aromatic heterocycles. The molecule has 0 spiro atoms. The molecule has 0 atom stereocenters. The van der Waals surface area contributed by atoms with E-state index in [9.17, 15) is 0 Å². The van der Waals surface area contributed by atoms with E-state index >= 15 is 0 Å². The van der Waals surface area contributed by atoms with Crippen LogP contribution in [-0.2, 0) is 3.80 Å². The van der Waals surface area contributed by atoms with Crippen LogP contribution in [0.4, 0.5) is 0 Å². The molecule has 0 radical (unpaired) electrons. The monoisotopic (exact) mass is 96.0 g/mol. The van der Waals surface area contributed by atoms with Gasteiger partial charge < -0.3 is 6.15 Å². The van der Waals surface area contributed by atoms with Crippen LogP contribution < -0.4 is 6.15 Å². The second kappa shape index (κ2) is 9.54. The third kappa shape index (κ3) is 19.1. The van der Waals surface area contributed by atoms with Gasteiger partial charge in [0.15, 0.2) is 0 Å². The molecule has 0 amide bonds. The third-order valence-corrected chi connectivity index (χ3v) is 0. The first-order chi connectivity index (χ1) is 1.41. The van der Waals surface area contributed by atoms with Crippen molar-refractivity contribution in [2.24, 2.45) is 0 Å². The minimum absolute atomic E-state index is 0. The van der Waals surface area contributed by atoms with Crippen LogP contribution in [0.5, 0.6) is 0 Å². The molecule has 0 fully saturated rings.